The van der Waals surface area contributed by atoms with Crippen molar-refractivity contribution >= 4 is 28.3 Å². The van der Waals surface area contributed by atoms with Crippen molar-refractivity contribution in [1.29, 1.82) is 5.26 Å². The van der Waals surface area contributed by atoms with Crippen molar-refractivity contribution < 1.29 is 4.42 Å². The van der Waals surface area contributed by atoms with Gasteiger partial charge in [-0.1, -0.05) is 30.0 Å². The van der Waals surface area contributed by atoms with Gasteiger partial charge in [-0.15, -0.1) is 0 Å². The molecule has 2 aromatic rings. The Morgan fingerprint density at radius 2 is 2.35 bits per heavy atom. The molecule has 2 aromatic heterocycles. The van der Waals surface area contributed by atoms with Gasteiger partial charge in [0.2, 0.25) is 0 Å². The second-order valence-corrected chi connectivity index (χ2v) is 5.70. The maximum absolute atomic E-state index is 8.45. The molecular weight excluding hydrogens is 290 g/mol. The van der Waals surface area contributed by atoms with E-state index in [-0.39, 0.29) is 0 Å². The molecule has 0 aliphatic carbocycles. The molecule has 0 amide bonds. The molecule has 1 N–H and O–H groups in total. The van der Waals surface area contributed by atoms with E-state index in [2.05, 4.69) is 16.4 Å². The fourth-order valence-electron chi connectivity index (χ4n) is 1.51. The van der Waals surface area contributed by atoms with E-state index in [1.165, 1.54) is 11.8 Å². The minimum atomic E-state index is 0.506. The number of nitrogens with one attached hydrogen (secondary N) is 1. The van der Waals surface area contributed by atoms with Gasteiger partial charge in [-0.3, -0.25) is 4.98 Å². The highest BCUT2D eigenvalue weighted by atomic mass is 32.2. The lowest BCUT2D eigenvalue weighted by atomic mass is 10.2. The van der Waals surface area contributed by atoms with Crippen molar-refractivity contribution in [1.82, 2.24) is 10.3 Å². The van der Waals surface area contributed by atoms with Crippen LogP contribution in [0.3, 0.4) is 0 Å². The van der Waals surface area contributed by atoms with Gasteiger partial charge in [-0.25, -0.2) is 0 Å². The van der Waals surface area contributed by atoms with Crippen LogP contribution in [0.5, 0.6) is 0 Å². The standard InChI is InChI=1S/C14H13N3OS2/c15-6-2-8-20-14(19)17-10-11-4-5-12(16-9-11)13-3-1-7-18-13/h1,3-5,7,9H,2,8,10H2,(H,17,19). The molecule has 0 bridgehead atoms. The van der Waals surface area contributed by atoms with E-state index in [1.54, 1.807) is 12.5 Å². The molecule has 20 heavy (non-hydrogen) atoms. The Morgan fingerprint density at radius 3 is 3.00 bits per heavy atom. The zero-order valence-corrected chi connectivity index (χ0v) is 12.3. The quantitative estimate of drug-likeness (QED) is 0.675. The molecular formula is C14H13N3OS2. The van der Waals surface area contributed by atoms with Crippen molar-refractivity contribution in [2.45, 2.75) is 13.0 Å². The van der Waals surface area contributed by atoms with E-state index < -0.39 is 0 Å². The van der Waals surface area contributed by atoms with Crippen molar-refractivity contribution in [2.24, 2.45) is 0 Å². The van der Waals surface area contributed by atoms with Crippen LogP contribution in [0.2, 0.25) is 0 Å². The van der Waals surface area contributed by atoms with Crippen LogP contribution in [0.1, 0.15) is 12.0 Å². The maximum Gasteiger partial charge on any atom is 0.152 e. The van der Waals surface area contributed by atoms with Gasteiger partial charge >= 0.3 is 0 Å². The van der Waals surface area contributed by atoms with Crippen LogP contribution in [0, 0.1) is 11.3 Å². The molecule has 0 aliphatic heterocycles. The van der Waals surface area contributed by atoms with Crippen molar-refractivity contribution in [3.63, 3.8) is 0 Å². The van der Waals surface area contributed by atoms with Gasteiger partial charge in [0.25, 0.3) is 0 Å². The summed E-state index contributed by atoms with van der Waals surface area (Å²) in [6, 6.07) is 9.71. The Morgan fingerprint density at radius 1 is 1.45 bits per heavy atom. The SMILES string of the molecule is N#CCCSC(=S)NCc1ccc(-c2ccco2)nc1. The summed E-state index contributed by atoms with van der Waals surface area (Å²) in [7, 11) is 0. The van der Waals surface area contributed by atoms with Gasteiger partial charge in [0.1, 0.15) is 10.0 Å². The fraction of sp³-hybridized carbons (Fsp3) is 0.214. The number of nitriles is 1. The third kappa shape index (κ3) is 4.37. The van der Waals surface area contributed by atoms with Gasteiger partial charge in [-0.05, 0) is 23.8 Å². The topological polar surface area (TPSA) is 61.9 Å². The largest absolute Gasteiger partial charge is 0.463 e. The molecule has 0 saturated heterocycles. The molecule has 0 aromatic carbocycles. The van der Waals surface area contributed by atoms with E-state index in [1.807, 2.05) is 24.3 Å². The van der Waals surface area contributed by atoms with Gasteiger partial charge in [-0.2, -0.15) is 5.26 Å². The van der Waals surface area contributed by atoms with Gasteiger partial charge in [0.15, 0.2) is 5.76 Å². The molecule has 4 nitrogen and oxygen atoms in total. The summed E-state index contributed by atoms with van der Waals surface area (Å²) in [5, 5.41) is 11.6. The summed E-state index contributed by atoms with van der Waals surface area (Å²) >= 11 is 6.65. The van der Waals surface area contributed by atoms with Gasteiger partial charge in [0.05, 0.1) is 12.3 Å². The summed E-state index contributed by atoms with van der Waals surface area (Å²) in [4.78, 5) is 4.35. The van der Waals surface area contributed by atoms with E-state index in [0.29, 0.717) is 17.3 Å². The van der Waals surface area contributed by atoms with Crippen molar-refractivity contribution in [3.05, 3.63) is 42.3 Å². The van der Waals surface area contributed by atoms with Gasteiger partial charge in [0, 0.05) is 24.9 Å². The number of hydrogen-bond acceptors (Lipinski definition) is 5. The van der Waals surface area contributed by atoms with Crippen molar-refractivity contribution in [3.8, 4) is 17.5 Å². The molecule has 0 atom stereocenters. The Kier molecular flexibility index (Phi) is 5.59. The smallest absolute Gasteiger partial charge is 0.152 e. The highest BCUT2D eigenvalue weighted by Crippen LogP contribution is 2.17. The highest BCUT2D eigenvalue weighted by Gasteiger charge is 2.03. The first-order valence-corrected chi connectivity index (χ1v) is 7.45. The van der Waals surface area contributed by atoms with E-state index >= 15 is 0 Å². The molecule has 0 aliphatic rings. The Labute approximate surface area is 127 Å². The minimum absolute atomic E-state index is 0.506. The lowest BCUT2D eigenvalue weighted by Gasteiger charge is -2.06. The zero-order chi connectivity index (χ0) is 14.2. The number of thiocarbonyl (C=S) groups is 1. The number of rotatable bonds is 5. The summed E-state index contributed by atoms with van der Waals surface area (Å²) in [5.41, 5.74) is 1.85. The first-order chi connectivity index (χ1) is 9.79. The monoisotopic (exact) mass is 303 g/mol. The number of thioether (sulfide) groups is 1. The second-order valence-electron chi connectivity index (χ2n) is 3.93. The first kappa shape index (κ1) is 14.6. The van der Waals surface area contributed by atoms with Crippen LogP contribution in [0.25, 0.3) is 11.5 Å². The third-order valence-corrected chi connectivity index (χ3v) is 3.79. The molecule has 2 heterocycles. The molecule has 0 fully saturated rings. The number of hydrogen-bond donors (Lipinski definition) is 1. The molecule has 102 valence electrons. The summed E-state index contributed by atoms with van der Waals surface area (Å²) in [6.07, 6.45) is 3.93. The van der Waals surface area contributed by atoms with Gasteiger partial charge < -0.3 is 9.73 Å². The van der Waals surface area contributed by atoms with Crippen LogP contribution in [-0.2, 0) is 6.54 Å². The predicted octanol–water partition coefficient (Wildman–Crippen LogP) is 3.36. The van der Waals surface area contributed by atoms with Crippen molar-refractivity contribution in [2.75, 3.05) is 5.75 Å². The molecule has 0 spiro atoms. The Balaban J connectivity index is 1.82. The molecule has 0 radical (unpaired) electrons. The van der Waals surface area contributed by atoms with E-state index in [9.17, 15) is 0 Å². The van der Waals surface area contributed by atoms with Crippen LogP contribution >= 0.6 is 24.0 Å². The van der Waals surface area contributed by atoms with Crippen LogP contribution in [0.4, 0.5) is 0 Å². The van der Waals surface area contributed by atoms with E-state index in [4.69, 9.17) is 21.9 Å². The first-order valence-electron chi connectivity index (χ1n) is 6.06. The number of pyridine rings is 1. The molecule has 0 saturated carbocycles. The predicted molar refractivity (Wildman–Crippen MR) is 84.1 cm³/mol. The Hall–Kier alpha value is -1.84. The zero-order valence-electron chi connectivity index (χ0n) is 10.7. The minimum Gasteiger partial charge on any atom is -0.463 e. The summed E-state index contributed by atoms with van der Waals surface area (Å²) in [6.45, 7) is 0.629. The molecule has 0 unspecified atom stereocenters. The van der Waals surface area contributed by atoms with E-state index in [0.717, 1.165) is 22.8 Å². The average Bonchev–Trinajstić information content (AvgIpc) is 3.00. The fourth-order valence-corrected chi connectivity index (χ4v) is 2.39. The number of furan rings is 1. The number of nitrogens with zero attached hydrogens (tertiary/aromatic N) is 2. The Bertz CT molecular complexity index is 588. The van der Waals surface area contributed by atoms with Crippen LogP contribution in [-0.4, -0.2) is 15.1 Å². The molecule has 6 heteroatoms. The van der Waals surface area contributed by atoms with Crippen LogP contribution < -0.4 is 5.32 Å². The third-order valence-electron chi connectivity index (χ3n) is 2.48. The normalized spacial score (nSPS) is 9.95. The summed E-state index contributed by atoms with van der Waals surface area (Å²) in [5.74, 6) is 1.48. The van der Waals surface area contributed by atoms with Crippen LogP contribution in [0.15, 0.2) is 41.1 Å². The molecule has 2 rings (SSSR count). The number of aromatic nitrogens is 1. The average molecular weight is 303 g/mol. The summed E-state index contributed by atoms with van der Waals surface area (Å²) < 4.78 is 5.99. The maximum atomic E-state index is 8.45. The lowest BCUT2D eigenvalue weighted by molar-refractivity contribution is 0.580. The second kappa shape index (κ2) is 7.68. The lowest BCUT2D eigenvalue weighted by Crippen LogP contribution is -2.18. The highest BCUT2D eigenvalue weighted by molar-refractivity contribution is 8.22.